The van der Waals surface area contributed by atoms with Crippen LogP contribution < -0.4 is 10.9 Å². The molecule has 2 aromatic carbocycles. The number of nitrogens with zero attached hydrogens (tertiary/aromatic N) is 1. The number of aromatic nitrogens is 1. The van der Waals surface area contributed by atoms with Crippen molar-refractivity contribution < 1.29 is 14.4 Å². The van der Waals surface area contributed by atoms with Crippen molar-refractivity contribution in [3.8, 4) is 0 Å². The van der Waals surface area contributed by atoms with E-state index in [2.05, 4.69) is 5.32 Å². The molecule has 2 atom stereocenters. The van der Waals surface area contributed by atoms with Crippen LogP contribution in [-0.2, 0) is 14.4 Å². The maximum absolute atomic E-state index is 12.8. The lowest BCUT2D eigenvalue weighted by Gasteiger charge is -2.17. The molecule has 3 rings (SSSR count). The Morgan fingerprint density at radius 1 is 1.06 bits per heavy atom. The maximum atomic E-state index is 12.8. The molecular formula is C23H22Cl2N2O4. The SMILES string of the molecule is CC[C@H](C)n1ccc2c(NC(=O)C(C)c3ccc(Cl)c(Cl)c3)cccc2c1=O.O=C=O. The molecule has 1 N–H and O–H groups in total. The van der Waals surface area contributed by atoms with Gasteiger partial charge in [-0.3, -0.25) is 9.59 Å². The molecule has 6 nitrogen and oxygen atoms in total. The van der Waals surface area contributed by atoms with E-state index in [0.29, 0.717) is 21.1 Å². The van der Waals surface area contributed by atoms with Crippen LogP contribution in [0.15, 0.2) is 53.5 Å². The summed E-state index contributed by atoms with van der Waals surface area (Å²) in [4.78, 5) is 41.9. The summed E-state index contributed by atoms with van der Waals surface area (Å²) >= 11 is 12.0. The summed E-state index contributed by atoms with van der Waals surface area (Å²) in [6.07, 6.45) is 2.90. The Morgan fingerprint density at radius 3 is 2.35 bits per heavy atom. The largest absolute Gasteiger partial charge is 0.373 e. The second-order valence-corrected chi connectivity index (χ2v) is 7.83. The normalized spacial score (nSPS) is 12.3. The first kappa shape index (κ1) is 24.4. The smallest absolute Gasteiger partial charge is 0.325 e. The van der Waals surface area contributed by atoms with E-state index in [4.69, 9.17) is 32.8 Å². The predicted octanol–water partition coefficient (Wildman–Crippen LogP) is 5.44. The molecule has 0 saturated carbocycles. The quantitative estimate of drug-likeness (QED) is 0.549. The van der Waals surface area contributed by atoms with Crippen molar-refractivity contribution in [3.05, 3.63) is 74.6 Å². The highest BCUT2D eigenvalue weighted by Crippen LogP contribution is 2.28. The Kier molecular flexibility index (Phi) is 8.57. The molecule has 0 fully saturated rings. The van der Waals surface area contributed by atoms with Crippen LogP contribution in [0.25, 0.3) is 10.8 Å². The number of halogens is 2. The molecule has 3 aromatic rings. The highest BCUT2D eigenvalue weighted by atomic mass is 35.5. The molecule has 0 aliphatic carbocycles. The third kappa shape index (κ3) is 5.61. The lowest BCUT2D eigenvalue weighted by Crippen LogP contribution is -2.23. The minimum atomic E-state index is -0.425. The molecular weight excluding hydrogens is 439 g/mol. The molecule has 31 heavy (non-hydrogen) atoms. The molecule has 1 amide bonds. The zero-order valence-corrected chi connectivity index (χ0v) is 18.8. The van der Waals surface area contributed by atoms with Crippen LogP contribution >= 0.6 is 23.2 Å². The summed E-state index contributed by atoms with van der Waals surface area (Å²) in [5.74, 6) is -0.609. The van der Waals surface area contributed by atoms with E-state index in [1.807, 2.05) is 19.9 Å². The van der Waals surface area contributed by atoms with Gasteiger partial charge in [0, 0.05) is 28.7 Å². The molecule has 8 heteroatoms. The number of fused-ring (bicyclic) bond motifs is 1. The first-order valence-electron chi connectivity index (χ1n) is 9.64. The average Bonchev–Trinajstić information content (AvgIpc) is 2.76. The van der Waals surface area contributed by atoms with Gasteiger partial charge in [0.1, 0.15) is 0 Å². The van der Waals surface area contributed by atoms with Gasteiger partial charge >= 0.3 is 6.15 Å². The number of hydrogen-bond donors (Lipinski definition) is 1. The zero-order chi connectivity index (χ0) is 23.1. The van der Waals surface area contributed by atoms with Gasteiger partial charge in [-0.2, -0.15) is 9.59 Å². The minimum Gasteiger partial charge on any atom is -0.325 e. The standard InChI is InChI=1S/C22H22Cl2N2O2.CO2/c1-4-13(2)26-11-10-16-17(22(26)28)6-5-7-20(16)25-21(27)14(3)15-8-9-18(23)19(24)12-15;2-1-3/h5-14H,4H2,1-3H3,(H,25,27);/t13-,14?;/m0./s1. The topological polar surface area (TPSA) is 85.2 Å². The summed E-state index contributed by atoms with van der Waals surface area (Å²) in [7, 11) is 0. The Hall–Kier alpha value is -2.92. The molecule has 0 aliphatic rings. The van der Waals surface area contributed by atoms with Crippen LogP contribution in [0.1, 0.15) is 44.7 Å². The monoisotopic (exact) mass is 460 g/mol. The van der Waals surface area contributed by atoms with Crippen molar-refractivity contribution in [1.82, 2.24) is 4.57 Å². The van der Waals surface area contributed by atoms with Gasteiger partial charge in [0.15, 0.2) is 0 Å². The fourth-order valence-corrected chi connectivity index (χ4v) is 3.43. The van der Waals surface area contributed by atoms with Crippen molar-refractivity contribution in [2.24, 2.45) is 0 Å². The van der Waals surface area contributed by atoms with Gasteiger partial charge in [-0.25, -0.2) is 0 Å². The predicted molar refractivity (Wildman–Crippen MR) is 122 cm³/mol. The molecule has 1 unspecified atom stereocenters. The van der Waals surface area contributed by atoms with Crippen molar-refractivity contribution in [3.63, 3.8) is 0 Å². The summed E-state index contributed by atoms with van der Waals surface area (Å²) in [5, 5.41) is 5.11. The third-order valence-corrected chi connectivity index (χ3v) is 5.87. The van der Waals surface area contributed by atoms with Crippen molar-refractivity contribution in [2.75, 3.05) is 5.32 Å². The van der Waals surface area contributed by atoms with Crippen LogP contribution in [0.4, 0.5) is 5.69 Å². The number of nitrogens with one attached hydrogen (secondary N) is 1. The van der Waals surface area contributed by atoms with Gasteiger partial charge in [-0.15, -0.1) is 0 Å². The summed E-state index contributed by atoms with van der Waals surface area (Å²) in [6, 6.07) is 12.5. The Morgan fingerprint density at radius 2 is 1.74 bits per heavy atom. The highest BCUT2D eigenvalue weighted by Gasteiger charge is 2.18. The molecule has 0 spiro atoms. The van der Waals surface area contributed by atoms with Gasteiger partial charge in [-0.05, 0) is 56.2 Å². The van der Waals surface area contributed by atoms with Gasteiger partial charge in [0.2, 0.25) is 5.91 Å². The van der Waals surface area contributed by atoms with Crippen LogP contribution in [0, 0.1) is 0 Å². The average molecular weight is 461 g/mol. The van der Waals surface area contributed by atoms with Crippen LogP contribution in [0.3, 0.4) is 0 Å². The molecule has 1 heterocycles. The highest BCUT2D eigenvalue weighted by molar-refractivity contribution is 6.42. The molecule has 1 aromatic heterocycles. The number of amides is 1. The number of carbonyl (C=O) groups excluding carboxylic acids is 3. The molecule has 0 bridgehead atoms. The van der Waals surface area contributed by atoms with Gasteiger partial charge in [0.05, 0.1) is 16.0 Å². The Labute approximate surface area is 189 Å². The maximum Gasteiger partial charge on any atom is 0.373 e. The number of hydrogen-bond acceptors (Lipinski definition) is 4. The van der Waals surface area contributed by atoms with Gasteiger partial charge in [-0.1, -0.05) is 42.3 Å². The molecule has 0 radical (unpaired) electrons. The zero-order valence-electron chi connectivity index (χ0n) is 17.3. The summed E-state index contributed by atoms with van der Waals surface area (Å²) in [6.45, 7) is 5.86. The fourth-order valence-electron chi connectivity index (χ4n) is 3.12. The van der Waals surface area contributed by atoms with Crippen LogP contribution in [0.5, 0.6) is 0 Å². The second-order valence-electron chi connectivity index (χ2n) is 7.02. The summed E-state index contributed by atoms with van der Waals surface area (Å²) < 4.78 is 1.73. The lowest BCUT2D eigenvalue weighted by atomic mass is 10.00. The van der Waals surface area contributed by atoms with E-state index in [0.717, 1.165) is 17.4 Å². The van der Waals surface area contributed by atoms with Crippen molar-refractivity contribution in [1.29, 1.82) is 0 Å². The van der Waals surface area contributed by atoms with Gasteiger partial charge < -0.3 is 9.88 Å². The van der Waals surface area contributed by atoms with E-state index >= 15 is 0 Å². The Bertz CT molecular complexity index is 1180. The van der Waals surface area contributed by atoms with Crippen LogP contribution in [0.2, 0.25) is 10.0 Å². The van der Waals surface area contributed by atoms with E-state index in [1.54, 1.807) is 54.1 Å². The molecule has 0 aliphatic heterocycles. The number of carbonyl (C=O) groups is 1. The first-order valence-corrected chi connectivity index (χ1v) is 10.4. The molecule has 162 valence electrons. The van der Waals surface area contributed by atoms with Crippen molar-refractivity contribution >= 4 is 51.7 Å². The molecule has 0 saturated heterocycles. The fraction of sp³-hybridized carbons (Fsp3) is 0.261. The number of rotatable bonds is 5. The van der Waals surface area contributed by atoms with Crippen molar-refractivity contribution in [2.45, 2.75) is 39.2 Å². The van der Waals surface area contributed by atoms with Crippen LogP contribution in [-0.4, -0.2) is 16.6 Å². The summed E-state index contributed by atoms with van der Waals surface area (Å²) in [5.41, 5.74) is 1.33. The minimum absolute atomic E-state index is 0.0551. The first-order chi connectivity index (χ1) is 14.7. The third-order valence-electron chi connectivity index (χ3n) is 5.13. The second kappa shape index (κ2) is 10.9. The van der Waals surface area contributed by atoms with E-state index in [9.17, 15) is 9.59 Å². The number of anilines is 1. The van der Waals surface area contributed by atoms with Gasteiger partial charge in [0.25, 0.3) is 5.56 Å². The number of benzene rings is 2. The number of pyridine rings is 1. The van der Waals surface area contributed by atoms with E-state index in [1.165, 1.54) is 0 Å². The Balaban J connectivity index is 0.00000107. The lowest BCUT2D eigenvalue weighted by molar-refractivity contribution is -0.191. The van der Waals surface area contributed by atoms with E-state index < -0.39 is 5.92 Å². The van der Waals surface area contributed by atoms with E-state index in [-0.39, 0.29) is 23.7 Å².